The second-order valence-corrected chi connectivity index (χ2v) is 5.44. The van der Waals surface area contributed by atoms with Crippen LogP contribution in [0.3, 0.4) is 0 Å². The van der Waals surface area contributed by atoms with Crippen LogP contribution in [0.15, 0.2) is 18.2 Å². The summed E-state index contributed by atoms with van der Waals surface area (Å²) in [6, 6.07) is 5.56. The number of benzene rings is 1. The van der Waals surface area contributed by atoms with Crippen LogP contribution in [-0.2, 0) is 4.79 Å². The summed E-state index contributed by atoms with van der Waals surface area (Å²) in [5.41, 5.74) is 6.46. The van der Waals surface area contributed by atoms with E-state index in [4.69, 9.17) is 15.2 Å². The maximum absolute atomic E-state index is 11.9. The van der Waals surface area contributed by atoms with Crippen LogP contribution in [-0.4, -0.2) is 25.7 Å². The second kappa shape index (κ2) is 7.88. The van der Waals surface area contributed by atoms with Crippen molar-refractivity contribution in [2.75, 3.05) is 13.7 Å². The van der Waals surface area contributed by atoms with Gasteiger partial charge in [0.05, 0.1) is 19.3 Å². The third kappa shape index (κ3) is 4.93. The lowest BCUT2D eigenvalue weighted by atomic mass is 10.1. The van der Waals surface area contributed by atoms with Crippen molar-refractivity contribution in [2.24, 2.45) is 11.7 Å². The first-order valence-electron chi connectivity index (χ1n) is 7.24. The molecule has 5 nitrogen and oxygen atoms in total. The fraction of sp³-hybridized carbons (Fsp3) is 0.562. The fourth-order valence-corrected chi connectivity index (χ4v) is 1.85. The Kier molecular flexibility index (Phi) is 6.49. The number of amides is 1. The van der Waals surface area contributed by atoms with Gasteiger partial charge in [0.25, 0.3) is 0 Å². The number of carbonyl (C=O) groups is 1. The molecule has 0 saturated heterocycles. The SMILES string of the molecule is COc1cc(C(C)NC(=O)C(C)CN)ccc1OC(C)C. The number of nitrogens with two attached hydrogens (primary N) is 1. The molecule has 1 rings (SSSR count). The van der Waals surface area contributed by atoms with Crippen molar-refractivity contribution in [1.29, 1.82) is 0 Å². The summed E-state index contributed by atoms with van der Waals surface area (Å²) in [5, 5.41) is 2.94. The molecule has 0 saturated carbocycles. The minimum absolute atomic E-state index is 0.0496. The first-order valence-corrected chi connectivity index (χ1v) is 7.24. The van der Waals surface area contributed by atoms with E-state index in [1.54, 1.807) is 7.11 Å². The van der Waals surface area contributed by atoms with E-state index >= 15 is 0 Å². The van der Waals surface area contributed by atoms with Crippen LogP contribution in [0, 0.1) is 5.92 Å². The lowest BCUT2D eigenvalue weighted by Gasteiger charge is -2.19. The maximum atomic E-state index is 11.9. The molecule has 0 radical (unpaired) electrons. The highest BCUT2D eigenvalue weighted by molar-refractivity contribution is 5.78. The molecule has 1 amide bonds. The Bertz CT molecular complexity index is 475. The Morgan fingerprint density at radius 3 is 2.43 bits per heavy atom. The van der Waals surface area contributed by atoms with Crippen molar-refractivity contribution in [3.8, 4) is 11.5 Å². The first kappa shape index (κ1) is 17.3. The Hall–Kier alpha value is -1.75. The van der Waals surface area contributed by atoms with Crippen LogP contribution < -0.4 is 20.5 Å². The number of nitrogens with one attached hydrogen (secondary N) is 1. The molecular formula is C16H26N2O3. The van der Waals surface area contributed by atoms with Crippen molar-refractivity contribution in [3.63, 3.8) is 0 Å². The molecule has 1 aromatic carbocycles. The van der Waals surface area contributed by atoms with Crippen molar-refractivity contribution >= 4 is 5.91 Å². The topological polar surface area (TPSA) is 73.6 Å². The van der Waals surface area contributed by atoms with Gasteiger partial charge in [-0.25, -0.2) is 0 Å². The van der Waals surface area contributed by atoms with Gasteiger partial charge in [-0.15, -0.1) is 0 Å². The smallest absolute Gasteiger partial charge is 0.224 e. The predicted octanol–water partition coefficient (Wildman–Crippen LogP) is 2.25. The van der Waals surface area contributed by atoms with Gasteiger partial charge in [-0.3, -0.25) is 4.79 Å². The first-order chi connectivity index (χ1) is 9.88. The summed E-state index contributed by atoms with van der Waals surface area (Å²) < 4.78 is 11.0. The van der Waals surface area contributed by atoms with E-state index in [0.29, 0.717) is 18.0 Å². The predicted molar refractivity (Wildman–Crippen MR) is 83.5 cm³/mol. The van der Waals surface area contributed by atoms with Gasteiger partial charge >= 0.3 is 0 Å². The van der Waals surface area contributed by atoms with Crippen molar-refractivity contribution < 1.29 is 14.3 Å². The van der Waals surface area contributed by atoms with E-state index in [-0.39, 0.29) is 24.0 Å². The van der Waals surface area contributed by atoms with Gasteiger partial charge in [-0.2, -0.15) is 0 Å². The summed E-state index contributed by atoms with van der Waals surface area (Å²) in [6.45, 7) is 8.00. The minimum Gasteiger partial charge on any atom is -0.493 e. The fourth-order valence-electron chi connectivity index (χ4n) is 1.85. The van der Waals surface area contributed by atoms with E-state index in [1.165, 1.54) is 0 Å². The molecule has 0 bridgehead atoms. The quantitative estimate of drug-likeness (QED) is 0.809. The summed E-state index contributed by atoms with van der Waals surface area (Å²) in [6.07, 6.45) is 0.0762. The Balaban J connectivity index is 2.86. The Morgan fingerprint density at radius 1 is 1.24 bits per heavy atom. The number of ether oxygens (including phenoxy) is 2. The largest absolute Gasteiger partial charge is 0.493 e. The zero-order chi connectivity index (χ0) is 16.0. The summed E-state index contributed by atoms with van der Waals surface area (Å²) in [5.74, 6) is 1.11. The lowest BCUT2D eigenvalue weighted by molar-refractivity contribution is -0.124. The molecule has 0 heterocycles. The van der Waals surface area contributed by atoms with E-state index in [1.807, 2.05) is 45.9 Å². The third-order valence-corrected chi connectivity index (χ3v) is 3.21. The van der Waals surface area contributed by atoms with E-state index in [0.717, 1.165) is 5.56 Å². The molecule has 0 spiro atoms. The van der Waals surface area contributed by atoms with Crippen LogP contribution in [0.5, 0.6) is 11.5 Å². The van der Waals surface area contributed by atoms with Crippen molar-refractivity contribution in [1.82, 2.24) is 5.32 Å². The van der Waals surface area contributed by atoms with E-state index < -0.39 is 0 Å². The summed E-state index contributed by atoms with van der Waals surface area (Å²) >= 11 is 0. The number of carbonyl (C=O) groups excluding carboxylic acids is 1. The molecule has 118 valence electrons. The number of rotatable bonds is 7. The monoisotopic (exact) mass is 294 g/mol. The molecule has 0 aliphatic heterocycles. The normalized spacial score (nSPS) is 13.7. The Labute approximate surface area is 126 Å². The minimum atomic E-state index is -0.196. The molecule has 3 N–H and O–H groups in total. The van der Waals surface area contributed by atoms with Crippen LogP contribution in [0.1, 0.15) is 39.3 Å². The molecular weight excluding hydrogens is 268 g/mol. The number of hydrogen-bond donors (Lipinski definition) is 2. The zero-order valence-corrected chi connectivity index (χ0v) is 13.5. The molecule has 2 unspecified atom stereocenters. The van der Waals surface area contributed by atoms with E-state index in [9.17, 15) is 4.79 Å². The average Bonchev–Trinajstić information content (AvgIpc) is 2.45. The molecule has 1 aromatic rings. The van der Waals surface area contributed by atoms with Crippen LogP contribution in [0.2, 0.25) is 0 Å². The lowest BCUT2D eigenvalue weighted by Crippen LogP contribution is -2.34. The van der Waals surface area contributed by atoms with Crippen molar-refractivity contribution in [3.05, 3.63) is 23.8 Å². The highest BCUT2D eigenvalue weighted by Gasteiger charge is 2.16. The molecule has 0 aliphatic rings. The highest BCUT2D eigenvalue weighted by Crippen LogP contribution is 2.31. The standard InChI is InChI=1S/C16H26N2O3/c1-10(2)21-14-7-6-13(8-15(14)20-5)12(4)18-16(19)11(3)9-17/h6-8,10-12H,9,17H2,1-5H3,(H,18,19). The van der Waals surface area contributed by atoms with Gasteiger partial charge in [0.1, 0.15) is 0 Å². The van der Waals surface area contributed by atoms with E-state index in [2.05, 4.69) is 5.32 Å². The van der Waals surface area contributed by atoms with Crippen LogP contribution >= 0.6 is 0 Å². The molecule has 0 aromatic heterocycles. The summed E-state index contributed by atoms with van der Waals surface area (Å²) in [4.78, 5) is 11.9. The molecule has 0 fully saturated rings. The van der Waals surface area contributed by atoms with Gasteiger partial charge in [0.15, 0.2) is 11.5 Å². The average molecular weight is 294 g/mol. The van der Waals surface area contributed by atoms with Crippen LogP contribution in [0.4, 0.5) is 0 Å². The van der Waals surface area contributed by atoms with Gasteiger partial charge < -0.3 is 20.5 Å². The van der Waals surface area contributed by atoms with Gasteiger partial charge in [0, 0.05) is 12.5 Å². The molecule has 2 atom stereocenters. The number of hydrogen-bond acceptors (Lipinski definition) is 4. The second-order valence-electron chi connectivity index (χ2n) is 5.44. The molecule has 5 heteroatoms. The summed E-state index contributed by atoms with van der Waals surface area (Å²) in [7, 11) is 1.60. The number of methoxy groups -OCH3 is 1. The maximum Gasteiger partial charge on any atom is 0.224 e. The molecule has 21 heavy (non-hydrogen) atoms. The van der Waals surface area contributed by atoms with Crippen molar-refractivity contribution in [2.45, 2.75) is 39.8 Å². The van der Waals surface area contributed by atoms with Gasteiger partial charge in [-0.1, -0.05) is 13.0 Å². The van der Waals surface area contributed by atoms with Gasteiger partial charge in [-0.05, 0) is 38.5 Å². The van der Waals surface area contributed by atoms with Gasteiger partial charge in [0.2, 0.25) is 5.91 Å². The van der Waals surface area contributed by atoms with Crippen LogP contribution in [0.25, 0.3) is 0 Å². The molecule has 0 aliphatic carbocycles. The zero-order valence-electron chi connectivity index (χ0n) is 13.5. The Morgan fingerprint density at radius 2 is 1.90 bits per heavy atom. The highest BCUT2D eigenvalue weighted by atomic mass is 16.5. The third-order valence-electron chi connectivity index (χ3n) is 3.21.